The Balaban J connectivity index is 2.85. The number of rotatable bonds is 3. The molecule has 2 aromatic rings. The molecule has 1 amide bonds. The van der Waals surface area contributed by atoms with Gasteiger partial charge >= 0.3 is 6.18 Å². The van der Waals surface area contributed by atoms with Crippen LogP contribution in [-0.4, -0.2) is 5.91 Å². The van der Waals surface area contributed by atoms with Crippen molar-refractivity contribution in [3.63, 3.8) is 0 Å². The van der Waals surface area contributed by atoms with Gasteiger partial charge in [0.15, 0.2) is 0 Å². The highest BCUT2D eigenvalue weighted by molar-refractivity contribution is 6.02. The van der Waals surface area contributed by atoms with Crippen molar-refractivity contribution in [1.29, 1.82) is 0 Å². The van der Waals surface area contributed by atoms with E-state index < -0.39 is 17.6 Å². The molecular formula is C16H12F3NO. The molecule has 0 aliphatic carbocycles. The summed E-state index contributed by atoms with van der Waals surface area (Å²) < 4.78 is 39.5. The Morgan fingerprint density at radius 2 is 1.76 bits per heavy atom. The fourth-order valence-electron chi connectivity index (χ4n) is 2.19. The summed E-state index contributed by atoms with van der Waals surface area (Å²) in [6, 6.07) is 9.61. The number of hydrogen-bond acceptors (Lipinski definition) is 1. The Bertz CT molecular complexity index is 705. The van der Waals surface area contributed by atoms with Gasteiger partial charge in [0.1, 0.15) is 0 Å². The molecule has 21 heavy (non-hydrogen) atoms. The largest absolute Gasteiger partial charge is 0.417 e. The third-order valence-electron chi connectivity index (χ3n) is 3.08. The molecule has 0 saturated carbocycles. The van der Waals surface area contributed by atoms with Gasteiger partial charge in [0.2, 0.25) is 5.91 Å². The molecule has 2 nitrogen and oxygen atoms in total. The molecule has 0 heterocycles. The molecule has 2 N–H and O–H groups in total. The van der Waals surface area contributed by atoms with Crippen LogP contribution in [-0.2, 0) is 6.18 Å². The van der Waals surface area contributed by atoms with E-state index in [-0.39, 0.29) is 16.7 Å². The molecule has 0 atom stereocenters. The van der Waals surface area contributed by atoms with E-state index in [9.17, 15) is 18.0 Å². The second kappa shape index (κ2) is 5.44. The van der Waals surface area contributed by atoms with Gasteiger partial charge in [-0.25, -0.2) is 0 Å². The van der Waals surface area contributed by atoms with Crippen LogP contribution in [0, 0.1) is 0 Å². The van der Waals surface area contributed by atoms with Gasteiger partial charge in [-0.3, -0.25) is 4.79 Å². The third-order valence-corrected chi connectivity index (χ3v) is 3.08. The van der Waals surface area contributed by atoms with Crippen LogP contribution < -0.4 is 5.73 Å². The Labute approximate surface area is 119 Å². The lowest BCUT2D eigenvalue weighted by molar-refractivity contribution is -0.137. The normalized spacial score (nSPS) is 11.2. The molecule has 0 fully saturated rings. The predicted molar refractivity (Wildman–Crippen MR) is 75.5 cm³/mol. The third kappa shape index (κ3) is 2.81. The van der Waals surface area contributed by atoms with Gasteiger partial charge < -0.3 is 5.73 Å². The molecule has 108 valence electrons. The maximum absolute atomic E-state index is 13.2. The van der Waals surface area contributed by atoms with Gasteiger partial charge in [-0.1, -0.05) is 43.0 Å². The monoisotopic (exact) mass is 291 g/mol. The van der Waals surface area contributed by atoms with Gasteiger partial charge in [-0.15, -0.1) is 0 Å². The van der Waals surface area contributed by atoms with Crippen LogP contribution in [0.3, 0.4) is 0 Å². The predicted octanol–water partition coefficient (Wildman–Crippen LogP) is 4.11. The Morgan fingerprint density at radius 1 is 1.10 bits per heavy atom. The fraction of sp³-hybridized carbons (Fsp3) is 0.0625. The Hall–Kier alpha value is -2.56. The minimum atomic E-state index is -4.53. The summed E-state index contributed by atoms with van der Waals surface area (Å²) in [5, 5.41) is 0. The number of carbonyl (C=O) groups is 1. The van der Waals surface area contributed by atoms with E-state index in [0.717, 1.165) is 6.07 Å². The maximum atomic E-state index is 13.2. The van der Waals surface area contributed by atoms with Crippen LogP contribution in [0.25, 0.3) is 17.2 Å². The summed E-state index contributed by atoms with van der Waals surface area (Å²) in [4.78, 5) is 11.5. The molecule has 0 saturated heterocycles. The van der Waals surface area contributed by atoms with E-state index in [0.29, 0.717) is 5.56 Å². The van der Waals surface area contributed by atoms with Gasteiger partial charge in [-0.2, -0.15) is 13.2 Å². The topological polar surface area (TPSA) is 43.1 Å². The van der Waals surface area contributed by atoms with E-state index in [1.54, 1.807) is 12.1 Å². The fourth-order valence-corrected chi connectivity index (χ4v) is 2.19. The zero-order chi connectivity index (χ0) is 15.6. The van der Waals surface area contributed by atoms with Crippen LogP contribution >= 0.6 is 0 Å². The standard InChI is InChI=1S/C16H12F3NO/c1-2-10-6-5-8-12(15(20)21)14(10)11-7-3-4-9-13(11)16(17,18)19/h2-9H,1H2,(H2,20,21). The molecule has 0 unspecified atom stereocenters. The molecule has 0 radical (unpaired) electrons. The van der Waals surface area contributed by atoms with Crippen molar-refractivity contribution in [3.05, 3.63) is 65.7 Å². The average Bonchev–Trinajstić information content (AvgIpc) is 2.45. The Morgan fingerprint density at radius 3 is 2.33 bits per heavy atom. The lowest BCUT2D eigenvalue weighted by Gasteiger charge is -2.16. The molecule has 0 aliphatic heterocycles. The van der Waals surface area contributed by atoms with Crippen molar-refractivity contribution >= 4 is 12.0 Å². The summed E-state index contributed by atoms with van der Waals surface area (Å²) in [7, 11) is 0. The highest BCUT2D eigenvalue weighted by Gasteiger charge is 2.34. The van der Waals surface area contributed by atoms with Crippen molar-refractivity contribution < 1.29 is 18.0 Å². The van der Waals surface area contributed by atoms with Gasteiger partial charge in [-0.05, 0) is 23.3 Å². The Kier molecular flexibility index (Phi) is 3.84. The highest BCUT2D eigenvalue weighted by atomic mass is 19.4. The number of hydrogen-bond donors (Lipinski definition) is 1. The number of benzene rings is 2. The van der Waals surface area contributed by atoms with Crippen molar-refractivity contribution in [2.45, 2.75) is 6.18 Å². The number of amides is 1. The SMILES string of the molecule is C=Cc1cccc(C(N)=O)c1-c1ccccc1C(F)(F)F. The zero-order valence-corrected chi connectivity index (χ0v) is 10.9. The van der Waals surface area contributed by atoms with Crippen molar-refractivity contribution in [1.82, 2.24) is 0 Å². The van der Waals surface area contributed by atoms with Crippen LogP contribution in [0.15, 0.2) is 49.0 Å². The second-order valence-electron chi connectivity index (χ2n) is 4.38. The van der Waals surface area contributed by atoms with Crippen LogP contribution in [0.2, 0.25) is 0 Å². The first-order chi connectivity index (χ1) is 9.86. The summed E-state index contributed by atoms with van der Waals surface area (Å²) in [5.74, 6) is -0.786. The quantitative estimate of drug-likeness (QED) is 0.908. The molecule has 2 rings (SSSR count). The molecule has 0 aliphatic rings. The molecule has 0 aromatic heterocycles. The first-order valence-corrected chi connectivity index (χ1v) is 6.08. The molecule has 5 heteroatoms. The summed E-state index contributed by atoms with van der Waals surface area (Å²) >= 11 is 0. The van der Waals surface area contributed by atoms with Gasteiger partial charge in [0.05, 0.1) is 5.56 Å². The van der Waals surface area contributed by atoms with Gasteiger partial charge in [0.25, 0.3) is 0 Å². The van der Waals surface area contributed by atoms with E-state index in [4.69, 9.17) is 5.73 Å². The number of primary amides is 1. The van der Waals surface area contributed by atoms with Gasteiger partial charge in [0, 0.05) is 11.1 Å². The number of carbonyl (C=O) groups excluding carboxylic acids is 1. The summed E-state index contributed by atoms with van der Waals surface area (Å²) in [5.41, 5.74) is 4.97. The lowest BCUT2D eigenvalue weighted by atomic mass is 9.90. The lowest BCUT2D eigenvalue weighted by Crippen LogP contribution is -2.14. The number of halogens is 3. The van der Waals surface area contributed by atoms with Crippen LogP contribution in [0.4, 0.5) is 13.2 Å². The van der Waals surface area contributed by atoms with E-state index in [1.165, 1.54) is 30.3 Å². The highest BCUT2D eigenvalue weighted by Crippen LogP contribution is 2.39. The van der Waals surface area contributed by atoms with E-state index in [2.05, 4.69) is 6.58 Å². The summed E-state index contributed by atoms with van der Waals surface area (Å²) in [6.07, 6.45) is -3.13. The molecule has 0 spiro atoms. The molecule has 2 aromatic carbocycles. The van der Waals surface area contributed by atoms with E-state index >= 15 is 0 Å². The van der Waals surface area contributed by atoms with Crippen LogP contribution in [0.5, 0.6) is 0 Å². The van der Waals surface area contributed by atoms with Crippen molar-refractivity contribution in [2.24, 2.45) is 5.73 Å². The van der Waals surface area contributed by atoms with Crippen LogP contribution in [0.1, 0.15) is 21.5 Å². The average molecular weight is 291 g/mol. The summed E-state index contributed by atoms with van der Waals surface area (Å²) in [6.45, 7) is 3.58. The number of nitrogens with two attached hydrogens (primary N) is 1. The minimum Gasteiger partial charge on any atom is -0.366 e. The smallest absolute Gasteiger partial charge is 0.366 e. The molecule has 0 bridgehead atoms. The zero-order valence-electron chi connectivity index (χ0n) is 10.9. The first-order valence-electron chi connectivity index (χ1n) is 6.08. The number of alkyl halides is 3. The minimum absolute atomic E-state index is 0.0316. The van der Waals surface area contributed by atoms with Crippen molar-refractivity contribution in [3.8, 4) is 11.1 Å². The van der Waals surface area contributed by atoms with Crippen molar-refractivity contribution in [2.75, 3.05) is 0 Å². The van der Waals surface area contributed by atoms with E-state index in [1.807, 2.05) is 0 Å². The molecular weight excluding hydrogens is 279 g/mol. The second-order valence-corrected chi connectivity index (χ2v) is 4.38. The first kappa shape index (κ1) is 14.8. The maximum Gasteiger partial charge on any atom is 0.417 e.